The molecule has 0 radical (unpaired) electrons. The second kappa shape index (κ2) is 5.19. The minimum atomic E-state index is -4.44. The van der Waals surface area contributed by atoms with E-state index in [9.17, 15) is 18.3 Å². The number of hydrogen-bond donors (Lipinski definition) is 1. The fourth-order valence-corrected chi connectivity index (χ4v) is 1.72. The van der Waals surface area contributed by atoms with Crippen molar-refractivity contribution in [3.05, 3.63) is 64.4 Å². The van der Waals surface area contributed by atoms with Crippen molar-refractivity contribution in [2.45, 2.75) is 12.3 Å². The lowest BCUT2D eigenvalue weighted by Crippen LogP contribution is -2.08. The summed E-state index contributed by atoms with van der Waals surface area (Å²) in [6.45, 7) is 0. The van der Waals surface area contributed by atoms with Gasteiger partial charge < -0.3 is 5.11 Å². The van der Waals surface area contributed by atoms with Crippen LogP contribution in [0.1, 0.15) is 22.9 Å². The van der Waals surface area contributed by atoms with Gasteiger partial charge in [0.1, 0.15) is 6.10 Å². The van der Waals surface area contributed by atoms with Crippen LogP contribution < -0.4 is 0 Å². The van der Waals surface area contributed by atoms with E-state index in [-0.39, 0.29) is 11.3 Å². The van der Waals surface area contributed by atoms with Gasteiger partial charge in [-0.15, -0.1) is 0 Å². The Labute approximate surface area is 112 Å². The quantitative estimate of drug-likeness (QED) is 0.910. The van der Waals surface area contributed by atoms with Crippen LogP contribution in [0.15, 0.2) is 42.6 Å². The predicted octanol–water partition coefficient (Wildman–Crippen LogP) is 3.84. The zero-order valence-electron chi connectivity index (χ0n) is 9.53. The summed E-state index contributed by atoms with van der Waals surface area (Å²) >= 11 is 5.65. The lowest BCUT2D eigenvalue weighted by Gasteiger charge is -2.13. The molecule has 2 rings (SSSR count). The van der Waals surface area contributed by atoms with Crippen molar-refractivity contribution >= 4 is 11.6 Å². The van der Waals surface area contributed by atoms with Crippen molar-refractivity contribution in [1.29, 1.82) is 0 Å². The fraction of sp³-hybridized carbons (Fsp3) is 0.154. The molecule has 0 bridgehead atoms. The molecule has 19 heavy (non-hydrogen) atoms. The number of nitrogens with zero attached hydrogens (tertiary/aromatic N) is 1. The molecule has 2 aromatic rings. The van der Waals surface area contributed by atoms with Crippen LogP contribution in [0.25, 0.3) is 0 Å². The van der Waals surface area contributed by atoms with Crippen LogP contribution in [0.2, 0.25) is 5.02 Å². The maximum Gasteiger partial charge on any atom is 0.416 e. The first-order chi connectivity index (χ1) is 8.88. The third kappa shape index (κ3) is 3.24. The van der Waals surface area contributed by atoms with Gasteiger partial charge in [0, 0.05) is 6.20 Å². The molecule has 1 aromatic heterocycles. The average molecular weight is 288 g/mol. The smallest absolute Gasteiger partial charge is 0.382 e. The highest BCUT2D eigenvalue weighted by molar-refractivity contribution is 6.30. The summed E-state index contributed by atoms with van der Waals surface area (Å²) in [5.41, 5.74) is -0.439. The summed E-state index contributed by atoms with van der Waals surface area (Å²) in [5.74, 6) is 0. The van der Waals surface area contributed by atoms with Gasteiger partial charge in [0.2, 0.25) is 0 Å². The summed E-state index contributed by atoms with van der Waals surface area (Å²) in [4.78, 5) is 3.88. The van der Waals surface area contributed by atoms with Gasteiger partial charge in [-0.3, -0.25) is 4.98 Å². The van der Waals surface area contributed by atoms with Crippen molar-refractivity contribution < 1.29 is 18.3 Å². The second-order valence-corrected chi connectivity index (χ2v) is 4.36. The van der Waals surface area contributed by atoms with Gasteiger partial charge in [-0.2, -0.15) is 13.2 Å². The number of hydrogen-bond acceptors (Lipinski definition) is 2. The van der Waals surface area contributed by atoms with E-state index in [0.29, 0.717) is 5.02 Å². The Kier molecular flexibility index (Phi) is 3.78. The van der Waals surface area contributed by atoms with Crippen LogP contribution in [0.4, 0.5) is 13.2 Å². The Hall–Kier alpha value is -1.59. The molecule has 0 saturated carbocycles. The van der Waals surface area contributed by atoms with E-state index in [1.807, 2.05) is 0 Å². The van der Waals surface area contributed by atoms with Gasteiger partial charge in [0.05, 0.1) is 16.3 Å². The van der Waals surface area contributed by atoms with Crippen molar-refractivity contribution in [2.75, 3.05) is 0 Å². The maximum atomic E-state index is 12.6. The zero-order chi connectivity index (χ0) is 14.0. The van der Waals surface area contributed by atoms with Crippen LogP contribution in [0, 0.1) is 0 Å². The maximum absolute atomic E-state index is 12.6. The Morgan fingerprint density at radius 1 is 1.16 bits per heavy atom. The summed E-state index contributed by atoms with van der Waals surface area (Å²) in [7, 11) is 0. The molecule has 6 heteroatoms. The molecule has 2 nitrogen and oxygen atoms in total. The molecule has 0 aliphatic rings. The first-order valence-electron chi connectivity index (χ1n) is 5.34. The van der Waals surface area contributed by atoms with Gasteiger partial charge in [0.15, 0.2) is 0 Å². The Morgan fingerprint density at radius 3 is 2.47 bits per heavy atom. The molecule has 0 aliphatic heterocycles. The van der Waals surface area contributed by atoms with Crippen LogP contribution in [-0.2, 0) is 6.18 Å². The number of rotatable bonds is 2. The predicted molar refractivity (Wildman–Crippen MR) is 64.8 cm³/mol. The summed E-state index contributed by atoms with van der Waals surface area (Å²) < 4.78 is 37.7. The number of pyridine rings is 1. The van der Waals surface area contributed by atoms with Gasteiger partial charge >= 0.3 is 6.18 Å². The van der Waals surface area contributed by atoms with Crippen molar-refractivity contribution in [2.24, 2.45) is 0 Å². The van der Waals surface area contributed by atoms with Crippen LogP contribution >= 0.6 is 11.6 Å². The number of benzene rings is 1. The highest BCUT2D eigenvalue weighted by Gasteiger charge is 2.31. The zero-order valence-corrected chi connectivity index (χ0v) is 10.3. The molecule has 0 aliphatic carbocycles. The van der Waals surface area contributed by atoms with E-state index in [0.717, 1.165) is 12.1 Å². The minimum Gasteiger partial charge on any atom is -0.382 e. The van der Waals surface area contributed by atoms with Crippen molar-refractivity contribution in [3.8, 4) is 0 Å². The summed E-state index contributed by atoms with van der Waals surface area (Å²) in [6.07, 6.45) is -4.34. The largest absolute Gasteiger partial charge is 0.416 e. The van der Waals surface area contributed by atoms with E-state index in [1.54, 1.807) is 0 Å². The molecular formula is C13H9ClF3NO. The normalized spacial score (nSPS) is 13.3. The van der Waals surface area contributed by atoms with Gasteiger partial charge in [-0.25, -0.2) is 0 Å². The SMILES string of the molecule is OC(c1cccc(C(F)(F)F)c1)c1ccc(Cl)cn1. The van der Waals surface area contributed by atoms with E-state index in [4.69, 9.17) is 11.6 Å². The Bertz CT molecular complexity index is 569. The van der Waals surface area contributed by atoms with Crippen LogP contribution in [0.3, 0.4) is 0 Å². The monoisotopic (exact) mass is 287 g/mol. The van der Waals surface area contributed by atoms with E-state index >= 15 is 0 Å². The molecular weight excluding hydrogens is 279 g/mol. The number of alkyl halides is 3. The Balaban J connectivity index is 2.34. The second-order valence-electron chi connectivity index (χ2n) is 3.93. The standard InChI is InChI=1S/C13H9ClF3NO/c14-10-4-5-11(18-7-10)12(19)8-2-1-3-9(6-8)13(15,16)17/h1-7,12,19H. The van der Waals surface area contributed by atoms with E-state index in [2.05, 4.69) is 4.98 Å². The fourth-order valence-electron chi connectivity index (χ4n) is 1.60. The first-order valence-corrected chi connectivity index (χ1v) is 5.72. The Morgan fingerprint density at radius 2 is 1.89 bits per heavy atom. The number of aliphatic hydroxyl groups excluding tert-OH is 1. The highest BCUT2D eigenvalue weighted by atomic mass is 35.5. The van der Waals surface area contributed by atoms with Gasteiger partial charge in [0.25, 0.3) is 0 Å². The molecule has 100 valence electrons. The number of halogens is 4. The van der Waals surface area contributed by atoms with Crippen molar-refractivity contribution in [1.82, 2.24) is 4.98 Å². The van der Waals surface area contributed by atoms with Crippen LogP contribution in [-0.4, -0.2) is 10.1 Å². The number of aromatic nitrogens is 1. The third-order valence-electron chi connectivity index (χ3n) is 2.56. The molecule has 0 fully saturated rings. The van der Waals surface area contributed by atoms with Gasteiger partial charge in [-0.1, -0.05) is 23.7 Å². The first kappa shape index (κ1) is 13.8. The van der Waals surface area contributed by atoms with Gasteiger partial charge in [-0.05, 0) is 29.8 Å². The highest BCUT2D eigenvalue weighted by Crippen LogP contribution is 2.31. The summed E-state index contributed by atoms with van der Waals surface area (Å²) in [6, 6.07) is 7.49. The molecule has 0 spiro atoms. The molecule has 0 amide bonds. The number of aliphatic hydroxyl groups is 1. The third-order valence-corrected chi connectivity index (χ3v) is 2.78. The lowest BCUT2D eigenvalue weighted by atomic mass is 10.0. The average Bonchev–Trinajstić information content (AvgIpc) is 2.38. The molecule has 1 heterocycles. The molecule has 0 saturated heterocycles. The summed E-state index contributed by atoms with van der Waals surface area (Å²) in [5, 5.41) is 10.4. The molecule has 1 aromatic carbocycles. The molecule has 1 unspecified atom stereocenters. The van der Waals surface area contributed by atoms with Crippen molar-refractivity contribution in [3.63, 3.8) is 0 Å². The van der Waals surface area contributed by atoms with E-state index in [1.165, 1.54) is 30.5 Å². The topological polar surface area (TPSA) is 33.1 Å². The van der Waals surface area contributed by atoms with Crippen LogP contribution in [0.5, 0.6) is 0 Å². The minimum absolute atomic E-state index is 0.129. The molecule has 1 atom stereocenters. The lowest BCUT2D eigenvalue weighted by molar-refractivity contribution is -0.137. The van der Waals surface area contributed by atoms with E-state index < -0.39 is 17.8 Å². The molecule has 1 N–H and O–H groups in total.